The van der Waals surface area contributed by atoms with Crippen LogP contribution in [0, 0.1) is 0 Å². The van der Waals surface area contributed by atoms with Gasteiger partial charge < -0.3 is 10.1 Å². The molecule has 16 heavy (non-hydrogen) atoms. The van der Waals surface area contributed by atoms with Crippen LogP contribution in [0.4, 0.5) is 0 Å². The number of aliphatic imine (C=N–C) groups is 1. The van der Waals surface area contributed by atoms with Crippen LogP contribution >= 0.6 is 0 Å². The summed E-state index contributed by atoms with van der Waals surface area (Å²) >= 11 is 0. The van der Waals surface area contributed by atoms with E-state index in [-0.39, 0.29) is 6.10 Å². The van der Waals surface area contributed by atoms with E-state index >= 15 is 0 Å². The quantitative estimate of drug-likeness (QED) is 0.287. The van der Waals surface area contributed by atoms with Crippen LogP contribution < -0.4 is 16.6 Å². The lowest BCUT2D eigenvalue weighted by atomic mass is 9.96. The molecule has 0 bridgehead atoms. The molecule has 1 rings (SSSR count). The van der Waals surface area contributed by atoms with Crippen LogP contribution in [-0.2, 0) is 4.74 Å². The highest BCUT2D eigenvalue weighted by atomic mass is 16.5. The highest BCUT2D eigenvalue weighted by Crippen LogP contribution is 2.17. The fraction of sp³-hybridized carbons (Fsp3) is 0.909. The Balaban J connectivity index is 2.34. The van der Waals surface area contributed by atoms with Gasteiger partial charge >= 0.3 is 0 Å². The van der Waals surface area contributed by atoms with E-state index in [1.165, 1.54) is 32.1 Å². The number of nitrogens with one attached hydrogen (secondary N) is 2. The van der Waals surface area contributed by atoms with Crippen LogP contribution in [0.2, 0.25) is 0 Å². The van der Waals surface area contributed by atoms with Gasteiger partial charge in [-0.15, -0.1) is 0 Å². The summed E-state index contributed by atoms with van der Waals surface area (Å²) in [6.07, 6.45) is 6.48. The third-order valence-electron chi connectivity index (χ3n) is 2.99. The Morgan fingerprint density at radius 2 is 2.12 bits per heavy atom. The predicted molar refractivity (Wildman–Crippen MR) is 66.1 cm³/mol. The Kier molecular flexibility index (Phi) is 6.18. The molecule has 0 amide bonds. The van der Waals surface area contributed by atoms with Gasteiger partial charge in [-0.1, -0.05) is 19.3 Å². The number of ether oxygens (including phenoxy) is 1. The second kappa shape index (κ2) is 7.46. The summed E-state index contributed by atoms with van der Waals surface area (Å²) in [6.45, 7) is 2.61. The van der Waals surface area contributed by atoms with Crippen molar-refractivity contribution in [1.29, 1.82) is 0 Å². The SMILES string of the molecule is COC(C)CN=C(NN)NC1CCCCC1. The van der Waals surface area contributed by atoms with Crippen molar-refractivity contribution in [2.75, 3.05) is 13.7 Å². The van der Waals surface area contributed by atoms with Gasteiger partial charge in [0.05, 0.1) is 12.6 Å². The molecule has 0 spiro atoms. The lowest BCUT2D eigenvalue weighted by Crippen LogP contribution is -2.47. The van der Waals surface area contributed by atoms with E-state index in [1.54, 1.807) is 7.11 Å². The summed E-state index contributed by atoms with van der Waals surface area (Å²) in [7, 11) is 1.68. The summed E-state index contributed by atoms with van der Waals surface area (Å²) in [5, 5.41) is 3.34. The summed E-state index contributed by atoms with van der Waals surface area (Å²) in [6, 6.07) is 0.515. The monoisotopic (exact) mass is 228 g/mol. The third kappa shape index (κ3) is 4.81. The Morgan fingerprint density at radius 1 is 1.44 bits per heavy atom. The van der Waals surface area contributed by atoms with Gasteiger partial charge in [0, 0.05) is 13.2 Å². The van der Waals surface area contributed by atoms with Gasteiger partial charge in [0.25, 0.3) is 0 Å². The molecule has 1 saturated carbocycles. The zero-order valence-corrected chi connectivity index (χ0v) is 10.3. The highest BCUT2D eigenvalue weighted by molar-refractivity contribution is 5.79. The number of hydrogen-bond acceptors (Lipinski definition) is 3. The Hall–Kier alpha value is -0.810. The fourth-order valence-corrected chi connectivity index (χ4v) is 1.87. The molecule has 5 nitrogen and oxygen atoms in total. The van der Waals surface area contributed by atoms with Gasteiger partial charge in [-0.2, -0.15) is 0 Å². The zero-order valence-electron chi connectivity index (χ0n) is 10.3. The van der Waals surface area contributed by atoms with Gasteiger partial charge in [0.2, 0.25) is 5.96 Å². The highest BCUT2D eigenvalue weighted by Gasteiger charge is 2.14. The Bertz CT molecular complexity index is 214. The number of guanidine groups is 1. The summed E-state index contributed by atoms with van der Waals surface area (Å²) < 4.78 is 5.13. The predicted octanol–water partition coefficient (Wildman–Crippen LogP) is 0.763. The van der Waals surface area contributed by atoms with Crippen LogP contribution in [0.15, 0.2) is 4.99 Å². The molecule has 0 aromatic heterocycles. The van der Waals surface area contributed by atoms with Crippen molar-refractivity contribution in [2.45, 2.75) is 51.2 Å². The maximum Gasteiger partial charge on any atom is 0.206 e. The topological polar surface area (TPSA) is 71.7 Å². The first-order valence-corrected chi connectivity index (χ1v) is 6.06. The number of rotatable bonds is 4. The zero-order chi connectivity index (χ0) is 11.8. The third-order valence-corrected chi connectivity index (χ3v) is 2.99. The van der Waals surface area contributed by atoms with Crippen molar-refractivity contribution in [2.24, 2.45) is 10.8 Å². The lowest BCUT2D eigenvalue weighted by Gasteiger charge is -2.24. The van der Waals surface area contributed by atoms with Gasteiger partial charge in [-0.05, 0) is 19.8 Å². The first-order valence-electron chi connectivity index (χ1n) is 6.06. The minimum atomic E-state index is 0.122. The molecule has 0 aromatic carbocycles. The Labute approximate surface area is 97.8 Å². The number of nitrogens with zero attached hydrogens (tertiary/aromatic N) is 1. The van der Waals surface area contributed by atoms with Crippen molar-refractivity contribution in [1.82, 2.24) is 10.7 Å². The van der Waals surface area contributed by atoms with E-state index in [4.69, 9.17) is 10.6 Å². The molecule has 1 unspecified atom stereocenters. The van der Waals surface area contributed by atoms with Gasteiger partial charge in [0.1, 0.15) is 0 Å². The molecule has 1 fully saturated rings. The smallest absolute Gasteiger partial charge is 0.206 e. The molecule has 0 radical (unpaired) electrons. The van der Waals surface area contributed by atoms with Crippen LogP contribution in [0.3, 0.4) is 0 Å². The molecule has 0 heterocycles. The first-order chi connectivity index (χ1) is 7.76. The number of methoxy groups -OCH3 is 1. The minimum Gasteiger partial charge on any atom is -0.380 e. The molecule has 0 aliphatic heterocycles. The van der Waals surface area contributed by atoms with Gasteiger partial charge in [-0.3, -0.25) is 5.43 Å². The standard InChI is InChI=1S/C11H24N4O/c1-9(16-2)8-13-11(15-12)14-10-6-4-3-5-7-10/h9-10H,3-8,12H2,1-2H3,(H2,13,14,15). The molecule has 94 valence electrons. The molecular weight excluding hydrogens is 204 g/mol. The average Bonchev–Trinajstić information content (AvgIpc) is 2.35. The molecule has 5 heteroatoms. The van der Waals surface area contributed by atoms with Crippen molar-refractivity contribution in [3.8, 4) is 0 Å². The van der Waals surface area contributed by atoms with E-state index in [1.807, 2.05) is 6.92 Å². The number of hydrogen-bond donors (Lipinski definition) is 3. The average molecular weight is 228 g/mol. The van der Waals surface area contributed by atoms with E-state index < -0.39 is 0 Å². The minimum absolute atomic E-state index is 0.122. The van der Waals surface area contributed by atoms with E-state index in [2.05, 4.69) is 15.7 Å². The van der Waals surface area contributed by atoms with Crippen LogP contribution in [0.5, 0.6) is 0 Å². The number of hydrazine groups is 1. The molecule has 1 aliphatic carbocycles. The maximum absolute atomic E-state index is 5.43. The maximum atomic E-state index is 5.43. The largest absolute Gasteiger partial charge is 0.380 e. The summed E-state index contributed by atoms with van der Waals surface area (Å²) in [4.78, 5) is 4.35. The lowest BCUT2D eigenvalue weighted by molar-refractivity contribution is 0.125. The fourth-order valence-electron chi connectivity index (χ4n) is 1.87. The normalized spacial score (nSPS) is 20.6. The second-order valence-corrected chi connectivity index (χ2v) is 4.36. The molecule has 4 N–H and O–H groups in total. The van der Waals surface area contributed by atoms with Crippen LogP contribution in [-0.4, -0.2) is 31.8 Å². The van der Waals surface area contributed by atoms with Gasteiger partial charge in [-0.25, -0.2) is 10.8 Å². The Morgan fingerprint density at radius 3 is 2.69 bits per heavy atom. The van der Waals surface area contributed by atoms with Crippen molar-refractivity contribution < 1.29 is 4.74 Å². The van der Waals surface area contributed by atoms with E-state index in [0.29, 0.717) is 18.5 Å². The van der Waals surface area contributed by atoms with Crippen molar-refractivity contribution in [3.63, 3.8) is 0 Å². The van der Waals surface area contributed by atoms with Crippen LogP contribution in [0.25, 0.3) is 0 Å². The van der Waals surface area contributed by atoms with E-state index in [9.17, 15) is 0 Å². The molecule has 0 saturated heterocycles. The molecular formula is C11H24N4O. The van der Waals surface area contributed by atoms with Crippen LogP contribution in [0.1, 0.15) is 39.0 Å². The van der Waals surface area contributed by atoms with Crippen molar-refractivity contribution >= 4 is 5.96 Å². The summed E-state index contributed by atoms with van der Waals surface area (Å²) in [5.74, 6) is 6.11. The summed E-state index contributed by atoms with van der Waals surface area (Å²) in [5.41, 5.74) is 2.61. The molecule has 0 aromatic rings. The van der Waals surface area contributed by atoms with Gasteiger partial charge in [0.15, 0.2) is 0 Å². The second-order valence-electron chi connectivity index (χ2n) is 4.36. The van der Waals surface area contributed by atoms with Crippen molar-refractivity contribution in [3.05, 3.63) is 0 Å². The number of nitrogens with two attached hydrogens (primary N) is 1. The molecule has 1 atom stereocenters. The first kappa shape index (κ1) is 13.3. The van der Waals surface area contributed by atoms with E-state index in [0.717, 1.165) is 0 Å². The molecule has 1 aliphatic rings.